The topological polar surface area (TPSA) is 88.7 Å². The molecule has 0 spiro atoms. The van der Waals surface area contributed by atoms with Crippen LogP contribution in [-0.2, 0) is 9.59 Å². The van der Waals surface area contributed by atoms with Gasteiger partial charge in [0.25, 0.3) is 5.91 Å². The van der Waals surface area contributed by atoms with Crippen LogP contribution in [0.2, 0.25) is 0 Å². The maximum Gasteiger partial charge on any atom is 0.262 e. The van der Waals surface area contributed by atoms with Crippen molar-refractivity contribution in [3.8, 4) is 11.5 Å². The van der Waals surface area contributed by atoms with Gasteiger partial charge in [-0.2, -0.15) is 0 Å². The van der Waals surface area contributed by atoms with Gasteiger partial charge >= 0.3 is 0 Å². The van der Waals surface area contributed by atoms with Crippen molar-refractivity contribution < 1.29 is 19.1 Å². The van der Waals surface area contributed by atoms with Crippen molar-refractivity contribution in [3.63, 3.8) is 0 Å². The summed E-state index contributed by atoms with van der Waals surface area (Å²) in [5.41, 5.74) is 2.04. The molecule has 0 aliphatic heterocycles. The van der Waals surface area contributed by atoms with Gasteiger partial charge in [0.15, 0.2) is 11.7 Å². The quantitative estimate of drug-likeness (QED) is 0.309. The third-order valence-corrected chi connectivity index (χ3v) is 4.58. The molecule has 174 valence electrons. The maximum absolute atomic E-state index is 12.2. The van der Waals surface area contributed by atoms with Gasteiger partial charge in [-0.1, -0.05) is 36.4 Å². The second-order valence-electron chi connectivity index (χ2n) is 7.01. The van der Waals surface area contributed by atoms with Gasteiger partial charge in [0.1, 0.15) is 11.5 Å². The highest BCUT2D eigenvalue weighted by Gasteiger charge is 2.06. The molecule has 3 N–H and O–H groups in total. The van der Waals surface area contributed by atoms with Crippen LogP contribution in [0.25, 0.3) is 6.08 Å². The Labute approximate surface area is 203 Å². The number of hydrogen-bond donors (Lipinski definition) is 3. The third kappa shape index (κ3) is 8.40. The van der Waals surface area contributed by atoms with Crippen LogP contribution in [0.5, 0.6) is 11.5 Å². The highest BCUT2D eigenvalue weighted by atomic mass is 32.1. The van der Waals surface area contributed by atoms with Crippen LogP contribution in [0.1, 0.15) is 12.5 Å². The van der Waals surface area contributed by atoms with E-state index in [9.17, 15) is 9.59 Å². The van der Waals surface area contributed by atoms with Crippen LogP contribution in [0.3, 0.4) is 0 Å². The molecule has 0 saturated carbocycles. The number of para-hydroxylation sites is 1. The van der Waals surface area contributed by atoms with E-state index in [-0.39, 0.29) is 23.5 Å². The molecule has 3 aromatic rings. The Morgan fingerprint density at radius 2 is 1.53 bits per heavy atom. The summed E-state index contributed by atoms with van der Waals surface area (Å²) < 4.78 is 10.8. The van der Waals surface area contributed by atoms with E-state index >= 15 is 0 Å². The van der Waals surface area contributed by atoms with Crippen molar-refractivity contribution >= 4 is 46.6 Å². The number of carbonyl (C=O) groups is 2. The zero-order valence-electron chi connectivity index (χ0n) is 18.6. The maximum atomic E-state index is 12.2. The minimum atomic E-state index is -0.367. The molecule has 34 heavy (non-hydrogen) atoms. The Morgan fingerprint density at radius 1 is 0.853 bits per heavy atom. The molecule has 7 nitrogen and oxygen atoms in total. The monoisotopic (exact) mass is 475 g/mol. The summed E-state index contributed by atoms with van der Waals surface area (Å²) in [6, 6.07) is 23.5. The molecule has 0 atom stereocenters. The van der Waals surface area contributed by atoms with Gasteiger partial charge < -0.3 is 20.1 Å². The van der Waals surface area contributed by atoms with Crippen molar-refractivity contribution in [2.24, 2.45) is 0 Å². The van der Waals surface area contributed by atoms with Gasteiger partial charge in [-0.15, -0.1) is 0 Å². The van der Waals surface area contributed by atoms with Crippen molar-refractivity contribution in [1.82, 2.24) is 5.32 Å². The second-order valence-corrected chi connectivity index (χ2v) is 7.42. The number of anilines is 2. The van der Waals surface area contributed by atoms with Crippen LogP contribution in [0.4, 0.5) is 11.4 Å². The Hall–Kier alpha value is -4.17. The Bertz CT molecular complexity index is 1150. The Balaban J connectivity index is 1.46. The van der Waals surface area contributed by atoms with Gasteiger partial charge in [-0.3, -0.25) is 14.9 Å². The van der Waals surface area contributed by atoms with Gasteiger partial charge in [-0.25, -0.2) is 0 Å². The van der Waals surface area contributed by atoms with E-state index in [2.05, 4.69) is 16.0 Å². The van der Waals surface area contributed by atoms with Gasteiger partial charge in [0.05, 0.1) is 6.61 Å². The molecule has 3 rings (SSSR count). The minimum Gasteiger partial charge on any atom is -0.494 e. The largest absolute Gasteiger partial charge is 0.494 e. The number of carbonyl (C=O) groups excluding carboxylic acids is 2. The number of ether oxygens (including phenoxy) is 2. The minimum absolute atomic E-state index is 0.114. The van der Waals surface area contributed by atoms with E-state index in [0.29, 0.717) is 23.7 Å². The predicted molar refractivity (Wildman–Crippen MR) is 138 cm³/mol. The van der Waals surface area contributed by atoms with Crippen LogP contribution in [-0.4, -0.2) is 30.1 Å². The van der Waals surface area contributed by atoms with E-state index in [1.54, 1.807) is 42.5 Å². The molecule has 0 radical (unpaired) electrons. The number of nitrogens with one attached hydrogen (secondary N) is 3. The fraction of sp³-hybridized carbons (Fsp3) is 0.115. The molecule has 0 aromatic heterocycles. The summed E-state index contributed by atoms with van der Waals surface area (Å²) in [7, 11) is 0. The predicted octanol–water partition coefficient (Wildman–Crippen LogP) is 4.63. The van der Waals surface area contributed by atoms with E-state index < -0.39 is 0 Å². The molecular formula is C26H25N3O4S. The zero-order valence-corrected chi connectivity index (χ0v) is 19.4. The van der Waals surface area contributed by atoms with E-state index in [4.69, 9.17) is 21.7 Å². The summed E-state index contributed by atoms with van der Waals surface area (Å²) >= 11 is 5.22. The average molecular weight is 476 g/mol. The molecule has 0 aliphatic carbocycles. The van der Waals surface area contributed by atoms with Gasteiger partial charge in [0, 0.05) is 17.5 Å². The Kier molecular flexibility index (Phi) is 9.19. The van der Waals surface area contributed by atoms with Crippen molar-refractivity contribution in [2.45, 2.75) is 6.92 Å². The SMILES string of the molecule is CCOc1ccc(/C=C/C(=O)NC(=S)Nc2cccc(NC(=O)COc3ccccc3)c2)cc1. The highest BCUT2D eigenvalue weighted by Crippen LogP contribution is 2.16. The van der Waals surface area contributed by atoms with Crippen LogP contribution >= 0.6 is 12.2 Å². The summed E-state index contributed by atoms with van der Waals surface area (Å²) in [4.78, 5) is 24.3. The molecule has 2 amide bonds. The summed E-state index contributed by atoms with van der Waals surface area (Å²) in [6.07, 6.45) is 3.08. The first kappa shape index (κ1) is 24.5. The first-order chi connectivity index (χ1) is 16.5. The van der Waals surface area contributed by atoms with Gasteiger partial charge in [0.2, 0.25) is 5.91 Å². The number of thiocarbonyl (C=S) groups is 1. The van der Waals surface area contributed by atoms with Crippen molar-refractivity contribution in [3.05, 3.63) is 90.5 Å². The Morgan fingerprint density at radius 3 is 2.24 bits per heavy atom. The first-order valence-corrected chi connectivity index (χ1v) is 11.0. The molecule has 8 heteroatoms. The van der Waals surface area contributed by atoms with E-state index in [1.165, 1.54) is 6.08 Å². The van der Waals surface area contributed by atoms with Gasteiger partial charge in [-0.05, 0) is 73.2 Å². The fourth-order valence-electron chi connectivity index (χ4n) is 2.87. The summed E-state index contributed by atoms with van der Waals surface area (Å²) in [5, 5.41) is 8.42. The second kappa shape index (κ2) is 12.8. The average Bonchev–Trinajstić information content (AvgIpc) is 2.83. The van der Waals surface area contributed by atoms with Crippen LogP contribution < -0.4 is 25.4 Å². The fourth-order valence-corrected chi connectivity index (χ4v) is 3.09. The lowest BCUT2D eigenvalue weighted by atomic mass is 10.2. The van der Waals surface area contributed by atoms with E-state index in [0.717, 1.165) is 11.3 Å². The number of benzene rings is 3. The molecule has 0 fully saturated rings. The lowest BCUT2D eigenvalue weighted by Gasteiger charge is -2.11. The summed E-state index contributed by atoms with van der Waals surface area (Å²) in [5.74, 6) is 0.729. The molecule has 0 aliphatic rings. The highest BCUT2D eigenvalue weighted by molar-refractivity contribution is 7.80. The van der Waals surface area contributed by atoms with Crippen LogP contribution in [0, 0.1) is 0 Å². The molecule has 0 heterocycles. The lowest BCUT2D eigenvalue weighted by molar-refractivity contribution is -0.118. The lowest BCUT2D eigenvalue weighted by Crippen LogP contribution is -2.32. The molecule has 0 saturated heterocycles. The summed E-state index contributed by atoms with van der Waals surface area (Å²) in [6.45, 7) is 2.40. The first-order valence-electron chi connectivity index (χ1n) is 10.6. The van der Waals surface area contributed by atoms with Crippen molar-refractivity contribution in [2.75, 3.05) is 23.8 Å². The molecule has 3 aromatic carbocycles. The third-order valence-electron chi connectivity index (χ3n) is 4.37. The standard InChI is InChI=1S/C26H25N3O4S/c1-2-32-23-14-11-19(12-15-23)13-16-24(30)29-26(34)28-21-8-6-7-20(17-21)27-25(31)18-33-22-9-4-3-5-10-22/h3-17H,2,18H2,1H3,(H,27,31)(H2,28,29,30,34)/b16-13+. The molecule has 0 bridgehead atoms. The number of hydrogen-bond acceptors (Lipinski definition) is 5. The zero-order chi connectivity index (χ0) is 24.2. The number of rotatable bonds is 9. The smallest absolute Gasteiger partial charge is 0.262 e. The van der Waals surface area contributed by atoms with Crippen molar-refractivity contribution in [1.29, 1.82) is 0 Å². The van der Waals surface area contributed by atoms with Crippen LogP contribution in [0.15, 0.2) is 84.9 Å². The number of amides is 2. The molecular weight excluding hydrogens is 450 g/mol. The normalized spacial score (nSPS) is 10.4. The molecule has 0 unspecified atom stereocenters. The van der Waals surface area contributed by atoms with E-state index in [1.807, 2.05) is 49.4 Å².